The van der Waals surface area contributed by atoms with Gasteiger partial charge in [0.1, 0.15) is 0 Å². The van der Waals surface area contributed by atoms with Crippen molar-refractivity contribution in [1.29, 1.82) is 0 Å². The van der Waals surface area contributed by atoms with Crippen LogP contribution in [-0.2, 0) is 12.7 Å². The van der Waals surface area contributed by atoms with E-state index < -0.39 is 16.8 Å². The number of thiazole rings is 1. The van der Waals surface area contributed by atoms with Crippen molar-refractivity contribution in [1.82, 2.24) is 34.5 Å². The Morgan fingerprint density at radius 3 is 2.52 bits per heavy atom. The van der Waals surface area contributed by atoms with E-state index in [1.807, 2.05) is 16.9 Å². The van der Waals surface area contributed by atoms with E-state index in [1.54, 1.807) is 10.8 Å². The molecule has 0 radical (unpaired) electrons. The van der Waals surface area contributed by atoms with Crippen LogP contribution in [0.3, 0.4) is 0 Å². The highest BCUT2D eigenvalue weighted by Crippen LogP contribution is 2.41. The summed E-state index contributed by atoms with van der Waals surface area (Å²) in [5.74, 6) is 1.78. The van der Waals surface area contributed by atoms with Crippen molar-refractivity contribution < 1.29 is 13.2 Å². The smallest absolute Gasteiger partial charge is 0.300 e. The maximum atomic E-state index is 13.3. The molecule has 1 aliphatic rings. The van der Waals surface area contributed by atoms with Crippen molar-refractivity contribution in [2.24, 2.45) is 0 Å². The molecule has 1 unspecified atom stereocenters. The molecule has 1 aromatic carbocycles. The predicted molar refractivity (Wildman–Crippen MR) is 100 cm³/mol. The van der Waals surface area contributed by atoms with E-state index in [0.717, 1.165) is 11.1 Å². The van der Waals surface area contributed by atoms with Gasteiger partial charge in [0, 0.05) is 23.7 Å². The molecule has 5 rings (SSSR count). The highest BCUT2D eigenvalue weighted by Gasteiger charge is 2.36. The van der Waals surface area contributed by atoms with Crippen molar-refractivity contribution in [2.75, 3.05) is 0 Å². The van der Waals surface area contributed by atoms with Gasteiger partial charge in [0.25, 0.3) is 0 Å². The minimum atomic E-state index is -4.56. The number of alkyl halides is 3. The molecule has 12 heteroatoms. The van der Waals surface area contributed by atoms with Crippen LogP contribution < -0.4 is 0 Å². The molecule has 4 heterocycles. The lowest BCUT2D eigenvalue weighted by Crippen LogP contribution is -2.22. The summed E-state index contributed by atoms with van der Waals surface area (Å²) in [6.07, 6.45) is -2.88. The monoisotopic (exact) mass is 437 g/mol. The lowest BCUT2D eigenvalue weighted by atomic mass is 10.1. The molecule has 0 N–H and O–H groups in total. The van der Waals surface area contributed by atoms with Crippen molar-refractivity contribution >= 4 is 22.9 Å². The number of nitrogens with zero attached hydrogens (tertiary/aromatic N) is 7. The number of aromatic nitrogens is 7. The van der Waals surface area contributed by atoms with Crippen LogP contribution >= 0.6 is 22.9 Å². The second-order valence-electron chi connectivity index (χ2n) is 6.53. The highest BCUT2D eigenvalue weighted by molar-refractivity contribution is 7.13. The largest absolute Gasteiger partial charge is 0.417 e. The van der Waals surface area contributed by atoms with Crippen LogP contribution in [0.2, 0.25) is 5.02 Å². The number of benzene rings is 1. The summed E-state index contributed by atoms with van der Waals surface area (Å²) in [5, 5.41) is 18.9. The van der Waals surface area contributed by atoms with Gasteiger partial charge in [-0.25, -0.2) is 4.98 Å². The quantitative estimate of drug-likeness (QED) is 0.459. The van der Waals surface area contributed by atoms with Gasteiger partial charge in [0.05, 0.1) is 16.6 Å². The van der Waals surface area contributed by atoms with E-state index in [-0.39, 0.29) is 17.4 Å². The Morgan fingerprint density at radius 1 is 1.07 bits per heavy atom. The third-order valence-corrected chi connectivity index (χ3v) is 5.88. The molecule has 4 aromatic rings. The Labute approximate surface area is 170 Å². The van der Waals surface area contributed by atoms with Crippen LogP contribution in [0.25, 0.3) is 33.9 Å². The third-order valence-electron chi connectivity index (χ3n) is 4.70. The molecule has 0 aliphatic carbocycles. The van der Waals surface area contributed by atoms with Gasteiger partial charge in [0.2, 0.25) is 11.6 Å². The van der Waals surface area contributed by atoms with Gasteiger partial charge < -0.3 is 4.57 Å². The maximum Gasteiger partial charge on any atom is 0.417 e. The summed E-state index contributed by atoms with van der Waals surface area (Å²) in [6, 6.07) is 3.59. The molecule has 0 amide bonds. The third kappa shape index (κ3) is 2.76. The summed E-state index contributed by atoms with van der Waals surface area (Å²) in [6.45, 7) is 2.41. The first kappa shape index (κ1) is 18.3. The van der Waals surface area contributed by atoms with Gasteiger partial charge in [-0.1, -0.05) is 17.7 Å². The van der Waals surface area contributed by atoms with Crippen LogP contribution in [0.15, 0.2) is 29.8 Å². The molecular formula is C17H11ClF3N7S. The summed E-state index contributed by atoms with van der Waals surface area (Å²) in [5.41, 5.74) is -0.744. The van der Waals surface area contributed by atoms with Crippen molar-refractivity contribution in [3.8, 4) is 33.9 Å². The Balaban J connectivity index is 1.67. The van der Waals surface area contributed by atoms with Crippen LogP contribution in [0, 0.1) is 0 Å². The Hall–Kier alpha value is -2.79. The molecule has 148 valence electrons. The maximum absolute atomic E-state index is 13.3. The van der Waals surface area contributed by atoms with Gasteiger partial charge in [-0.05, 0) is 19.1 Å². The minimum Gasteiger partial charge on any atom is -0.300 e. The van der Waals surface area contributed by atoms with E-state index in [2.05, 4.69) is 25.4 Å². The number of hydrogen-bond acceptors (Lipinski definition) is 6. The average molecular weight is 438 g/mol. The molecule has 0 spiro atoms. The summed E-state index contributed by atoms with van der Waals surface area (Å²) < 4.78 is 43.4. The number of hydrogen-bond donors (Lipinski definition) is 0. The second-order valence-corrected chi connectivity index (χ2v) is 7.80. The normalized spacial score (nSPS) is 16.0. The van der Waals surface area contributed by atoms with Crippen molar-refractivity contribution in [2.45, 2.75) is 25.7 Å². The molecule has 7 nitrogen and oxygen atoms in total. The van der Waals surface area contributed by atoms with Gasteiger partial charge in [-0.3, -0.25) is 4.57 Å². The molecule has 0 saturated carbocycles. The Kier molecular flexibility index (Phi) is 4.00. The summed E-state index contributed by atoms with van der Waals surface area (Å²) in [4.78, 5) is 4.27. The van der Waals surface area contributed by atoms with Gasteiger partial charge >= 0.3 is 6.18 Å². The first-order chi connectivity index (χ1) is 13.9. The topological polar surface area (TPSA) is 74.3 Å². The highest BCUT2D eigenvalue weighted by atomic mass is 35.5. The zero-order valence-electron chi connectivity index (χ0n) is 14.7. The second kappa shape index (κ2) is 6.36. The number of halogens is 4. The fraction of sp³-hybridized carbons (Fsp3) is 0.235. The van der Waals surface area contributed by atoms with E-state index in [4.69, 9.17) is 11.6 Å². The summed E-state index contributed by atoms with van der Waals surface area (Å²) >= 11 is 7.55. The minimum absolute atomic E-state index is 0.164. The fourth-order valence-electron chi connectivity index (χ4n) is 3.45. The van der Waals surface area contributed by atoms with E-state index in [1.165, 1.54) is 23.5 Å². The first-order valence-corrected chi connectivity index (χ1v) is 9.76. The van der Waals surface area contributed by atoms with E-state index in [9.17, 15) is 13.2 Å². The molecule has 1 atom stereocenters. The SMILES string of the molecule is CC1Cn2c(-c3nccs3)nnc2-c2nnc(-c3cccc(C(F)(F)F)c3Cl)n21. The first-order valence-electron chi connectivity index (χ1n) is 8.50. The number of fused-ring (bicyclic) bond motifs is 3. The lowest BCUT2D eigenvalue weighted by Gasteiger charge is -2.24. The summed E-state index contributed by atoms with van der Waals surface area (Å²) in [7, 11) is 0. The van der Waals surface area contributed by atoms with Gasteiger partial charge in [-0.2, -0.15) is 13.2 Å². The van der Waals surface area contributed by atoms with Crippen LogP contribution in [-0.4, -0.2) is 34.5 Å². The van der Waals surface area contributed by atoms with Crippen LogP contribution in [0.1, 0.15) is 18.5 Å². The van der Waals surface area contributed by atoms with Crippen molar-refractivity contribution in [3.05, 3.63) is 40.4 Å². The van der Waals surface area contributed by atoms with Gasteiger partial charge in [-0.15, -0.1) is 31.7 Å². The zero-order chi connectivity index (χ0) is 20.3. The predicted octanol–water partition coefficient (Wildman–Crippen LogP) is 4.57. The van der Waals surface area contributed by atoms with E-state index >= 15 is 0 Å². The average Bonchev–Trinajstić information content (AvgIpc) is 3.39. The molecule has 0 saturated heterocycles. The lowest BCUT2D eigenvalue weighted by molar-refractivity contribution is -0.137. The number of rotatable bonds is 2. The van der Waals surface area contributed by atoms with Gasteiger partial charge in [0.15, 0.2) is 16.7 Å². The zero-order valence-corrected chi connectivity index (χ0v) is 16.3. The van der Waals surface area contributed by atoms with E-state index in [0.29, 0.717) is 24.0 Å². The molecular weight excluding hydrogens is 427 g/mol. The van der Waals surface area contributed by atoms with Crippen LogP contribution in [0.4, 0.5) is 13.2 Å². The molecule has 29 heavy (non-hydrogen) atoms. The molecule has 0 bridgehead atoms. The Bertz CT molecular complexity index is 1210. The Morgan fingerprint density at radius 2 is 1.79 bits per heavy atom. The van der Waals surface area contributed by atoms with Crippen LogP contribution in [0.5, 0.6) is 0 Å². The standard InChI is InChI=1S/C17H11ClF3N7S/c1-8-7-27-13(24-26-15(27)16-22-5-6-29-16)14-25-23-12(28(8)14)9-3-2-4-10(11(9)18)17(19,20)21/h2-6,8H,7H2,1H3. The fourth-order valence-corrected chi connectivity index (χ4v) is 4.39. The molecule has 1 aliphatic heterocycles. The molecule has 0 fully saturated rings. The molecule has 3 aromatic heterocycles. The van der Waals surface area contributed by atoms with Crippen molar-refractivity contribution in [3.63, 3.8) is 0 Å².